The fourth-order valence-corrected chi connectivity index (χ4v) is 6.06. The topological polar surface area (TPSA) is 125 Å². The van der Waals surface area contributed by atoms with Crippen molar-refractivity contribution < 1.29 is 97.1 Å². The molecule has 0 fully saturated rings. The molecular weight excluding hydrogens is 609 g/mol. The van der Waals surface area contributed by atoms with E-state index in [0.29, 0.717) is 25.3 Å². The zero-order valence-electron chi connectivity index (χ0n) is 27.9. The monoisotopic (exact) mass is 668 g/mol. The van der Waals surface area contributed by atoms with E-state index in [1.54, 1.807) is 11.8 Å². The average molecular weight is 669 g/mol. The van der Waals surface area contributed by atoms with Crippen LogP contribution in [-0.2, 0) is 28.2 Å². The maximum atomic E-state index is 12.3. The molecular formula is C31H59Na2O8PS. The second kappa shape index (κ2) is 37.9. The third kappa shape index (κ3) is 41.4. The fraction of sp³-hybridized carbons (Fsp3) is 0.935. The van der Waals surface area contributed by atoms with Gasteiger partial charge in [0.05, 0.1) is 21.0 Å². The number of hydrogen-bond acceptors (Lipinski definition) is 9. The molecule has 0 rings (SSSR count). The summed E-state index contributed by atoms with van der Waals surface area (Å²) >= 11 is 1.60. The third-order valence-corrected chi connectivity index (χ3v) is 8.77. The zero-order valence-corrected chi connectivity index (χ0v) is 33.6. The molecule has 0 heterocycles. The molecule has 12 heteroatoms. The van der Waals surface area contributed by atoms with Gasteiger partial charge in [-0.2, -0.15) is 11.8 Å². The molecule has 0 bridgehead atoms. The number of carbonyl (C=O) groups is 2. The van der Waals surface area contributed by atoms with Crippen LogP contribution in [0.4, 0.5) is 0 Å². The van der Waals surface area contributed by atoms with Crippen LogP contribution in [0.3, 0.4) is 0 Å². The van der Waals surface area contributed by atoms with Gasteiger partial charge >= 0.3 is 65.1 Å². The van der Waals surface area contributed by atoms with E-state index < -0.39 is 20.5 Å². The first kappa shape index (κ1) is 48.8. The van der Waals surface area contributed by atoms with E-state index in [4.69, 9.17) is 4.74 Å². The Morgan fingerprint density at radius 3 is 1.63 bits per heavy atom. The van der Waals surface area contributed by atoms with Crippen LogP contribution in [0.5, 0.6) is 0 Å². The second-order valence-corrected chi connectivity index (χ2v) is 13.4. The Kier molecular flexibility index (Phi) is 43.0. The normalized spacial score (nSPS) is 11.8. The molecule has 0 aliphatic rings. The van der Waals surface area contributed by atoms with E-state index in [2.05, 4.69) is 16.2 Å². The van der Waals surface area contributed by atoms with Crippen LogP contribution in [-0.4, -0.2) is 43.3 Å². The molecule has 0 saturated heterocycles. The number of phosphoric ester groups is 1. The van der Waals surface area contributed by atoms with Crippen molar-refractivity contribution in [2.45, 2.75) is 161 Å². The summed E-state index contributed by atoms with van der Waals surface area (Å²) in [4.78, 5) is 44.2. The molecule has 0 aromatic carbocycles. The molecule has 0 aliphatic carbocycles. The van der Waals surface area contributed by atoms with Crippen molar-refractivity contribution in [3.63, 3.8) is 0 Å². The van der Waals surface area contributed by atoms with Gasteiger partial charge in [-0.05, 0) is 25.0 Å². The average Bonchev–Trinajstić information content (AvgIpc) is 2.93. The van der Waals surface area contributed by atoms with Crippen molar-refractivity contribution in [1.29, 1.82) is 0 Å². The quantitative estimate of drug-likeness (QED) is 0.0338. The van der Waals surface area contributed by atoms with Crippen molar-refractivity contribution in [1.82, 2.24) is 0 Å². The van der Waals surface area contributed by atoms with Crippen molar-refractivity contribution >= 4 is 32.0 Å². The number of hydrogen-bond donors (Lipinski definition) is 0. The minimum Gasteiger partial charge on any atom is -0.790 e. The van der Waals surface area contributed by atoms with E-state index >= 15 is 0 Å². The zero-order chi connectivity index (χ0) is 30.3. The third-order valence-electron chi connectivity index (χ3n) is 7.12. The van der Waals surface area contributed by atoms with Gasteiger partial charge in [0.25, 0.3) is 6.47 Å². The van der Waals surface area contributed by atoms with Crippen LogP contribution in [0.2, 0.25) is 0 Å². The van der Waals surface area contributed by atoms with Gasteiger partial charge in [-0.15, -0.1) is 0 Å². The molecule has 0 saturated carbocycles. The second-order valence-electron chi connectivity index (χ2n) is 11.1. The number of ether oxygens (including phenoxy) is 2. The van der Waals surface area contributed by atoms with Gasteiger partial charge in [-0.25, -0.2) is 0 Å². The number of phosphoric acid groups is 1. The Labute approximate surface area is 311 Å². The first-order chi connectivity index (χ1) is 19.9. The van der Waals surface area contributed by atoms with E-state index in [-0.39, 0.29) is 65.1 Å². The van der Waals surface area contributed by atoms with Crippen LogP contribution < -0.4 is 68.9 Å². The number of thioether (sulfide) groups is 1. The minimum absolute atomic E-state index is 0. The van der Waals surface area contributed by atoms with Gasteiger partial charge in [0.2, 0.25) is 0 Å². The van der Waals surface area contributed by atoms with E-state index in [0.717, 1.165) is 50.7 Å². The summed E-state index contributed by atoms with van der Waals surface area (Å²) in [6.45, 7) is 2.85. The van der Waals surface area contributed by atoms with Crippen LogP contribution in [0.25, 0.3) is 0 Å². The van der Waals surface area contributed by atoms with Crippen molar-refractivity contribution in [3.05, 3.63) is 0 Å². The molecule has 43 heavy (non-hydrogen) atoms. The fourth-order valence-electron chi connectivity index (χ4n) is 4.71. The maximum absolute atomic E-state index is 12.3. The summed E-state index contributed by atoms with van der Waals surface area (Å²) in [5.74, 6) is 0.955. The van der Waals surface area contributed by atoms with Gasteiger partial charge in [-0.3, -0.25) is 9.59 Å². The minimum atomic E-state index is -5.11. The molecule has 0 aromatic rings. The van der Waals surface area contributed by atoms with Crippen molar-refractivity contribution in [2.24, 2.45) is 0 Å². The molecule has 1 atom stereocenters. The Bertz CT molecular complexity index is 643. The van der Waals surface area contributed by atoms with Crippen LogP contribution in [0, 0.1) is 0 Å². The first-order valence-corrected chi connectivity index (χ1v) is 19.0. The van der Waals surface area contributed by atoms with Crippen LogP contribution in [0.1, 0.15) is 155 Å². The summed E-state index contributed by atoms with van der Waals surface area (Å²) in [5.41, 5.74) is 0. The largest absolute Gasteiger partial charge is 1.00 e. The SMILES string of the molecule is CCCCCCCCCCCCCCC(=O)O[C@H](COP(=O)([O-])[O-])CSCCCCCCCCCCCCOC=O.[Na+].[Na+]. The molecule has 0 radical (unpaired) electrons. The Morgan fingerprint density at radius 1 is 0.721 bits per heavy atom. The van der Waals surface area contributed by atoms with E-state index in [1.165, 1.54) is 96.3 Å². The molecule has 0 amide bonds. The number of carbonyl (C=O) groups excluding carboxylic acids is 2. The summed E-state index contributed by atoms with van der Waals surface area (Å²) in [7, 11) is -5.11. The predicted molar refractivity (Wildman–Crippen MR) is 165 cm³/mol. The van der Waals surface area contributed by atoms with Gasteiger partial charge in [0.15, 0.2) is 0 Å². The van der Waals surface area contributed by atoms with E-state index in [1.807, 2.05) is 0 Å². The Balaban J connectivity index is -0.00000800. The van der Waals surface area contributed by atoms with Gasteiger partial charge in [-0.1, -0.05) is 129 Å². The Morgan fingerprint density at radius 2 is 1.16 bits per heavy atom. The molecule has 0 unspecified atom stereocenters. The number of rotatable bonds is 33. The van der Waals surface area contributed by atoms with E-state index in [9.17, 15) is 23.9 Å². The molecule has 0 aromatic heterocycles. The number of esters is 1. The molecule has 0 N–H and O–H groups in total. The summed E-state index contributed by atoms with van der Waals surface area (Å²) < 4.78 is 25.5. The molecule has 0 aliphatic heterocycles. The first-order valence-electron chi connectivity index (χ1n) is 16.4. The van der Waals surface area contributed by atoms with Crippen molar-refractivity contribution in [2.75, 3.05) is 24.7 Å². The van der Waals surface area contributed by atoms with Gasteiger partial charge in [0.1, 0.15) is 6.10 Å². The van der Waals surface area contributed by atoms with Crippen LogP contribution >= 0.6 is 19.6 Å². The molecule has 244 valence electrons. The standard InChI is InChI=1S/C31H61O8PS.2Na/c1-2-3-4-5-6-7-8-9-12-15-18-21-24-31(33)39-30(27-38-40(34,35)36)28-41-26-23-20-17-14-11-10-13-16-19-22-25-37-29-32;;/h29-30H,2-28H2,1H3,(H2,34,35,36);;/q;2*+1/p-2/t30-;;/m1../s1. The summed E-state index contributed by atoms with van der Waals surface area (Å²) in [6, 6.07) is 0. The van der Waals surface area contributed by atoms with Crippen LogP contribution in [0.15, 0.2) is 0 Å². The predicted octanol–water partition coefficient (Wildman–Crippen LogP) is 1.65. The van der Waals surface area contributed by atoms with Crippen molar-refractivity contribution in [3.8, 4) is 0 Å². The Hall–Kier alpha value is 1.40. The smallest absolute Gasteiger partial charge is 0.790 e. The maximum Gasteiger partial charge on any atom is 1.00 e. The molecule has 8 nitrogen and oxygen atoms in total. The van der Waals surface area contributed by atoms with Gasteiger partial charge < -0.3 is 28.3 Å². The summed E-state index contributed by atoms with van der Waals surface area (Å²) in [6.07, 6.45) is 25.7. The molecule has 0 spiro atoms. The summed E-state index contributed by atoms with van der Waals surface area (Å²) in [5, 5.41) is 0. The number of unbranched alkanes of at least 4 members (excludes halogenated alkanes) is 20. The van der Waals surface area contributed by atoms with Gasteiger partial charge in [0, 0.05) is 12.2 Å².